The lowest BCUT2D eigenvalue weighted by Gasteiger charge is -2.24. The Balaban J connectivity index is 1.24. The summed E-state index contributed by atoms with van der Waals surface area (Å²) in [7, 11) is 0. The Morgan fingerprint density at radius 3 is 2.51 bits per heavy atom. The van der Waals surface area contributed by atoms with Crippen LogP contribution in [0.15, 0.2) is 77.7 Å². The quantitative estimate of drug-likeness (QED) is 0.360. The summed E-state index contributed by atoms with van der Waals surface area (Å²) in [6.45, 7) is 0.328. The van der Waals surface area contributed by atoms with Crippen LogP contribution in [-0.2, 0) is 29.4 Å². The first-order valence-electron chi connectivity index (χ1n) is 13.4. The maximum absolute atomic E-state index is 13.4. The summed E-state index contributed by atoms with van der Waals surface area (Å²) in [5.74, 6) is 0.0565. The third kappa shape index (κ3) is 5.15. The van der Waals surface area contributed by atoms with Crippen molar-refractivity contribution in [2.45, 2.75) is 49.9 Å². The molecule has 0 spiro atoms. The number of H-pyrrole nitrogens is 1. The summed E-state index contributed by atoms with van der Waals surface area (Å²) in [6.07, 6.45) is -2.20. The fraction of sp³-hybridized carbons (Fsp3) is 0.290. The van der Waals surface area contributed by atoms with E-state index in [1.54, 1.807) is 18.2 Å². The Kier molecular flexibility index (Phi) is 6.73. The summed E-state index contributed by atoms with van der Waals surface area (Å²) in [6, 6.07) is 18.5. The van der Waals surface area contributed by atoms with Crippen molar-refractivity contribution < 1.29 is 23.1 Å². The van der Waals surface area contributed by atoms with Gasteiger partial charge in [-0.1, -0.05) is 48.5 Å². The van der Waals surface area contributed by atoms with Gasteiger partial charge in [-0.15, -0.1) is 0 Å². The van der Waals surface area contributed by atoms with Crippen molar-refractivity contribution in [3.63, 3.8) is 0 Å². The van der Waals surface area contributed by atoms with E-state index < -0.39 is 23.9 Å². The van der Waals surface area contributed by atoms with Gasteiger partial charge in [-0.25, -0.2) is 4.98 Å². The van der Waals surface area contributed by atoms with Crippen LogP contribution in [0.1, 0.15) is 59.3 Å². The molecular formula is C31H27F3N4O3. The van der Waals surface area contributed by atoms with E-state index >= 15 is 0 Å². The minimum Gasteiger partial charge on any atom is -0.378 e. The SMILES string of the molecule is O=C([C@H](O)c1cccc(-c2ccnc(C(F)(F)F)c2)c1)N1CCCc2nc(C3(c4ccccc4)CC3)[nH]c(=O)c2C1. The average molecular weight is 561 g/mol. The van der Waals surface area contributed by atoms with Gasteiger partial charge in [0.2, 0.25) is 0 Å². The molecule has 210 valence electrons. The predicted octanol–water partition coefficient (Wildman–Crippen LogP) is 4.94. The molecule has 1 saturated carbocycles. The number of alkyl halides is 3. The minimum atomic E-state index is -4.60. The van der Waals surface area contributed by atoms with Crippen molar-refractivity contribution in [3.05, 3.63) is 117 Å². The number of nitrogens with one attached hydrogen (secondary N) is 1. The summed E-state index contributed by atoms with van der Waals surface area (Å²) in [5.41, 5.74) is 1.47. The number of halogens is 3. The number of aliphatic hydroxyl groups excluding tert-OH is 1. The Hall–Kier alpha value is -4.31. The second-order valence-electron chi connectivity index (χ2n) is 10.6. The van der Waals surface area contributed by atoms with Gasteiger partial charge in [0.15, 0.2) is 6.10 Å². The Morgan fingerprint density at radius 2 is 1.78 bits per heavy atom. The highest BCUT2D eigenvalue weighted by molar-refractivity contribution is 5.83. The van der Waals surface area contributed by atoms with E-state index in [0.717, 1.165) is 30.7 Å². The van der Waals surface area contributed by atoms with E-state index in [1.165, 1.54) is 17.0 Å². The number of aliphatic hydroxyl groups is 1. The van der Waals surface area contributed by atoms with Gasteiger partial charge in [-0.2, -0.15) is 13.2 Å². The maximum atomic E-state index is 13.4. The zero-order valence-electron chi connectivity index (χ0n) is 22.0. The topological polar surface area (TPSA) is 99.2 Å². The number of nitrogens with zero attached hydrogens (tertiary/aromatic N) is 3. The number of carbonyl (C=O) groups excluding carboxylic acids is 1. The normalized spacial score (nSPS) is 16.9. The molecule has 6 rings (SSSR count). The highest BCUT2D eigenvalue weighted by atomic mass is 19.4. The van der Waals surface area contributed by atoms with E-state index in [4.69, 9.17) is 4.98 Å². The molecule has 1 fully saturated rings. The maximum Gasteiger partial charge on any atom is 0.433 e. The number of aryl methyl sites for hydroxylation is 1. The molecule has 41 heavy (non-hydrogen) atoms. The molecule has 1 atom stereocenters. The summed E-state index contributed by atoms with van der Waals surface area (Å²) < 4.78 is 39.4. The standard InChI is InChI=1S/C31H27F3N4O3/c32-31(33,34)25-17-20(11-14-35-25)19-6-4-7-21(16-19)26(39)28(41)38-15-5-10-24-23(18-38)27(40)37-29(36-24)30(12-13-30)22-8-2-1-3-9-22/h1-4,6-9,11,14,16-17,26,39H,5,10,12-13,15,18H2,(H,36,37,40)/t26-/m1/s1. The predicted molar refractivity (Wildman–Crippen MR) is 145 cm³/mol. The summed E-state index contributed by atoms with van der Waals surface area (Å²) in [4.78, 5) is 39.4. The average Bonchev–Trinajstić information content (AvgIpc) is 3.81. The molecule has 1 amide bonds. The zero-order valence-corrected chi connectivity index (χ0v) is 22.0. The van der Waals surface area contributed by atoms with Crippen LogP contribution in [0.4, 0.5) is 13.2 Å². The van der Waals surface area contributed by atoms with Crippen molar-refractivity contribution >= 4 is 5.91 Å². The Bertz CT molecular complexity index is 1670. The number of fused-ring (bicyclic) bond motifs is 1. The monoisotopic (exact) mass is 560 g/mol. The largest absolute Gasteiger partial charge is 0.433 e. The third-order valence-corrected chi connectivity index (χ3v) is 7.95. The number of rotatable bonds is 5. The molecule has 2 aliphatic rings. The highest BCUT2D eigenvalue weighted by Crippen LogP contribution is 2.52. The van der Waals surface area contributed by atoms with E-state index in [1.807, 2.05) is 30.3 Å². The number of benzene rings is 2. The van der Waals surface area contributed by atoms with Crippen molar-refractivity contribution in [3.8, 4) is 11.1 Å². The molecule has 2 aromatic carbocycles. The molecule has 3 heterocycles. The number of hydrogen-bond acceptors (Lipinski definition) is 5. The fourth-order valence-electron chi connectivity index (χ4n) is 5.55. The van der Waals surface area contributed by atoms with Gasteiger partial charge in [0, 0.05) is 12.7 Å². The first kappa shape index (κ1) is 26.9. The van der Waals surface area contributed by atoms with Crippen molar-refractivity contribution in [1.29, 1.82) is 0 Å². The number of carbonyl (C=O) groups is 1. The molecule has 2 N–H and O–H groups in total. The molecule has 4 aromatic rings. The van der Waals surface area contributed by atoms with Crippen LogP contribution in [0, 0.1) is 0 Å². The number of hydrogen-bond donors (Lipinski definition) is 2. The van der Waals surface area contributed by atoms with Gasteiger partial charge in [0.05, 0.1) is 23.2 Å². The van der Waals surface area contributed by atoms with Gasteiger partial charge < -0.3 is 15.0 Å². The second-order valence-corrected chi connectivity index (χ2v) is 10.6. The molecule has 2 aromatic heterocycles. The van der Waals surface area contributed by atoms with Crippen LogP contribution in [0.25, 0.3) is 11.1 Å². The molecule has 1 aliphatic carbocycles. The third-order valence-electron chi connectivity index (χ3n) is 7.95. The zero-order chi connectivity index (χ0) is 28.8. The molecule has 7 nitrogen and oxygen atoms in total. The van der Waals surface area contributed by atoms with Crippen molar-refractivity contribution in [2.24, 2.45) is 0 Å². The summed E-state index contributed by atoms with van der Waals surface area (Å²) >= 11 is 0. The molecule has 0 saturated heterocycles. The van der Waals surface area contributed by atoms with Crippen LogP contribution < -0.4 is 5.56 Å². The van der Waals surface area contributed by atoms with Crippen molar-refractivity contribution in [1.82, 2.24) is 19.9 Å². The van der Waals surface area contributed by atoms with E-state index in [-0.39, 0.29) is 28.6 Å². The van der Waals surface area contributed by atoms with Gasteiger partial charge in [0.1, 0.15) is 11.5 Å². The van der Waals surface area contributed by atoms with Gasteiger partial charge in [0.25, 0.3) is 11.5 Å². The van der Waals surface area contributed by atoms with Gasteiger partial charge >= 0.3 is 6.18 Å². The number of pyridine rings is 1. The molecule has 1 aliphatic heterocycles. The molecule has 0 radical (unpaired) electrons. The van der Waals surface area contributed by atoms with E-state index in [2.05, 4.69) is 9.97 Å². The molecule has 0 bridgehead atoms. The molecule has 0 unspecified atom stereocenters. The lowest BCUT2D eigenvalue weighted by Crippen LogP contribution is -2.36. The van der Waals surface area contributed by atoms with Crippen molar-refractivity contribution in [2.75, 3.05) is 6.54 Å². The van der Waals surface area contributed by atoms with Crippen LogP contribution >= 0.6 is 0 Å². The Labute approximate surface area is 233 Å². The van der Waals surface area contributed by atoms with Crippen LogP contribution in [0.3, 0.4) is 0 Å². The smallest absolute Gasteiger partial charge is 0.378 e. The van der Waals surface area contributed by atoms with E-state index in [9.17, 15) is 27.9 Å². The number of aromatic nitrogens is 3. The lowest BCUT2D eigenvalue weighted by molar-refractivity contribution is -0.141. The van der Waals surface area contributed by atoms with Crippen LogP contribution in [0.5, 0.6) is 0 Å². The second kappa shape index (κ2) is 10.3. The highest BCUT2D eigenvalue weighted by Gasteiger charge is 2.48. The molecular weight excluding hydrogens is 533 g/mol. The summed E-state index contributed by atoms with van der Waals surface area (Å²) in [5, 5.41) is 11.0. The first-order valence-corrected chi connectivity index (χ1v) is 13.4. The van der Waals surface area contributed by atoms with Gasteiger partial charge in [-0.05, 0) is 66.1 Å². The van der Waals surface area contributed by atoms with Crippen LogP contribution in [0.2, 0.25) is 0 Å². The van der Waals surface area contributed by atoms with Crippen LogP contribution in [-0.4, -0.2) is 37.4 Å². The van der Waals surface area contributed by atoms with E-state index in [0.29, 0.717) is 42.0 Å². The van der Waals surface area contributed by atoms with Gasteiger partial charge in [-0.3, -0.25) is 14.6 Å². The minimum absolute atomic E-state index is 0.00512. The Morgan fingerprint density at radius 1 is 1.02 bits per heavy atom. The first-order chi connectivity index (χ1) is 19.7. The molecule has 10 heteroatoms. The fourth-order valence-corrected chi connectivity index (χ4v) is 5.55. The number of amides is 1. The lowest BCUT2D eigenvalue weighted by atomic mass is 9.94. The number of aromatic amines is 1.